The Bertz CT molecular complexity index is 827. The van der Waals surface area contributed by atoms with Crippen LogP contribution in [0.15, 0.2) is 35.4 Å². The predicted molar refractivity (Wildman–Crippen MR) is 106 cm³/mol. The summed E-state index contributed by atoms with van der Waals surface area (Å²) >= 11 is 1.34. The van der Waals surface area contributed by atoms with Gasteiger partial charge in [0.1, 0.15) is 11.1 Å². The van der Waals surface area contributed by atoms with Gasteiger partial charge in [-0.15, -0.1) is 0 Å². The third-order valence-electron chi connectivity index (χ3n) is 4.68. The predicted octanol–water partition coefficient (Wildman–Crippen LogP) is 4.28. The van der Waals surface area contributed by atoms with Crippen molar-refractivity contribution in [3.63, 3.8) is 0 Å². The molecule has 0 aliphatic heterocycles. The van der Waals surface area contributed by atoms with E-state index >= 15 is 0 Å². The van der Waals surface area contributed by atoms with E-state index in [1.54, 1.807) is 0 Å². The van der Waals surface area contributed by atoms with Crippen molar-refractivity contribution in [2.24, 2.45) is 0 Å². The molecule has 0 unspecified atom stereocenters. The average molecular weight is 368 g/mol. The SMILES string of the molecule is Cc1nc(S[C@H](C)C(=O)NC[C@@H](C)c2ccccc2)c(C#N)c(C)c1C. The lowest BCUT2D eigenvalue weighted by atomic mass is 10.0. The third kappa shape index (κ3) is 4.64. The second kappa shape index (κ2) is 8.86. The first-order valence-electron chi connectivity index (χ1n) is 8.72. The first-order chi connectivity index (χ1) is 12.3. The van der Waals surface area contributed by atoms with Gasteiger partial charge in [0.2, 0.25) is 5.91 Å². The molecule has 0 spiro atoms. The number of hydrogen-bond acceptors (Lipinski definition) is 4. The van der Waals surface area contributed by atoms with E-state index in [9.17, 15) is 10.1 Å². The van der Waals surface area contributed by atoms with Gasteiger partial charge < -0.3 is 5.32 Å². The summed E-state index contributed by atoms with van der Waals surface area (Å²) in [7, 11) is 0. The molecule has 0 fully saturated rings. The molecule has 0 saturated carbocycles. The standard InChI is InChI=1S/C21H25N3OS/c1-13(18-9-7-6-8-10-18)12-23-20(25)17(5)26-21-19(11-22)15(3)14(2)16(4)24-21/h6-10,13,17H,12H2,1-5H3,(H,23,25)/t13-,17-/m1/s1. The first-order valence-corrected chi connectivity index (χ1v) is 9.60. The van der Waals surface area contributed by atoms with E-state index in [1.807, 2.05) is 45.9 Å². The highest BCUT2D eigenvalue weighted by molar-refractivity contribution is 8.00. The number of nitrogens with zero attached hydrogens (tertiary/aromatic N) is 2. The van der Waals surface area contributed by atoms with Crippen molar-refractivity contribution >= 4 is 17.7 Å². The fourth-order valence-electron chi connectivity index (χ4n) is 2.65. The molecule has 5 heteroatoms. The fourth-order valence-corrected chi connectivity index (χ4v) is 3.68. The van der Waals surface area contributed by atoms with Crippen molar-refractivity contribution in [1.29, 1.82) is 5.26 Å². The van der Waals surface area contributed by atoms with E-state index in [1.165, 1.54) is 17.3 Å². The maximum absolute atomic E-state index is 12.5. The number of benzene rings is 1. The van der Waals surface area contributed by atoms with Crippen LogP contribution in [0.1, 0.15) is 47.7 Å². The number of rotatable bonds is 6. The van der Waals surface area contributed by atoms with E-state index in [2.05, 4.69) is 35.4 Å². The summed E-state index contributed by atoms with van der Waals surface area (Å²) < 4.78 is 0. The Labute approximate surface area is 160 Å². The molecule has 0 radical (unpaired) electrons. The molecule has 0 aliphatic carbocycles. The van der Waals surface area contributed by atoms with Crippen molar-refractivity contribution in [3.8, 4) is 6.07 Å². The van der Waals surface area contributed by atoms with Crippen molar-refractivity contribution in [2.75, 3.05) is 6.54 Å². The second-order valence-electron chi connectivity index (χ2n) is 6.56. The minimum atomic E-state index is -0.320. The minimum absolute atomic E-state index is 0.0423. The second-order valence-corrected chi connectivity index (χ2v) is 7.89. The van der Waals surface area contributed by atoms with Gasteiger partial charge in [0, 0.05) is 12.2 Å². The largest absolute Gasteiger partial charge is 0.355 e. The number of thioether (sulfide) groups is 1. The van der Waals surface area contributed by atoms with Crippen LogP contribution in [-0.4, -0.2) is 22.7 Å². The van der Waals surface area contributed by atoms with Gasteiger partial charge in [0.15, 0.2) is 0 Å². The van der Waals surface area contributed by atoms with Crippen LogP contribution in [0.3, 0.4) is 0 Å². The number of nitrogens with one attached hydrogen (secondary N) is 1. The lowest BCUT2D eigenvalue weighted by Crippen LogP contribution is -2.33. The van der Waals surface area contributed by atoms with Crippen LogP contribution in [0, 0.1) is 32.1 Å². The number of aromatic nitrogens is 1. The van der Waals surface area contributed by atoms with E-state index in [4.69, 9.17) is 0 Å². The molecule has 1 N–H and O–H groups in total. The van der Waals surface area contributed by atoms with Crippen LogP contribution in [0.5, 0.6) is 0 Å². The van der Waals surface area contributed by atoms with Crippen molar-refractivity contribution in [2.45, 2.75) is 50.8 Å². The number of hydrogen-bond donors (Lipinski definition) is 1. The third-order valence-corrected chi connectivity index (χ3v) is 5.77. The van der Waals surface area contributed by atoms with Gasteiger partial charge in [-0.05, 0) is 50.3 Å². The smallest absolute Gasteiger partial charge is 0.233 e. The Hall–Kier alpha value is -2.32. The topological polar surface area (TPSA) is 65.8 Å². The number of pyridine rings is 1. The summed E-state index contributed by atoms with van der Waals surface area (Å²) in [6, 6.07) is 12.4. The zero-order chi connectivity index (χ0) is 19.3. The molecule has 0 bridgehead atoms. The van der Waals surface area contributed by atoms with Crippen LogP contribution >= 0.6 is 11.8 Å². The fraction of sp³-hybridized carbons (Fsp3) is 0.381. The van der Waals surface area contributed by atoms with Crippen molar-refractivity contribution in [1.82, 2.24) is 10.3 Å². The Morgan fingerprint density at radius 2 is 1.85 bits per heavy atom. The lowest BCUT2D eigenvalue weighted by molar-refractivity contribution is -0.120. The summed E-state index contributed by atoms with van der Waals surface area (Å²) in [5.41, 5.74) is 4.63. The summed E-state index contributed by atoms with van der Waals surface area (Å²) in [6.45, 7) is 10.3. The summed E-state index contributed by atoms with van der Waals surface area (Å²) in [6.07, 6.45) is 0. The Morgan fingerprint density at radius 3 is 2.46 bits per heavy atom. The van der Waals surface area contributed by atoms with Gasteiger partial charge in [-0.3, -0.25) is 4.79 Å². The average Bonchev–Trinajstić information content (AvgIpc) is 2.64. The molecular formula is C21H25N3OS. The highest BCUT2D eigenvalue weighted by atomic mass is 32.2. The van der Waals surface area contributed by atoms with Gasteiger partial charge in [-0.2, -0.15) is 5.26 Å². The maximum Gasteiger partial charge on any atom is 0.233 e. The van der Waals surface area contributed by atoms with E-state index in [0.29, 0.717) is 17.1 Å². The Kier molecular flexibility index (Phi) is 6.82. The van der Waals surface area contributed by atoms with E-state index < -0.39 is 0 Å². The van der Waals surface area contributed by atoms with Gasteiger partial charge in [0.25, 0.3) is 0 Å². The van der Waals surface area contributed by atoms with E-state index in [-0.39, 0.29) is 17.1 Å². The summed E-state index contributed by atoms with van der Waals surface area (Å²) in [5.74, 6) is 0.202. The Balaban J connectivity index is 2.03. The molecule has 26 heavy (non-hydrogen) atoms. The zero-order valence-electron chi connectivity index (χ0n) is 16.0. The number of aryl methyl sites for hydroxylation is 1. The Morgan fingerprint density at radius 1 is 1.19 bits per heavy atom. The quantitative estimate of drug-likeness (QED) is 0.774. The van der Waals surface area contributed by atoms with Gasteiger partial charge in [-0.25, -0.2) is 4.98 Å². The molecule has 4 nitrogen and oxygen atoms in total. The molecule has 2 aromatic rings. The van der Waals surface area contributed by atoms with E-state index in [0.717, 1.165) is 16.8 Å². The molecule has 1 amide bonds. The molecule has 1 aromatic carbocycles. The van der Waals surface area contributed by atoms with Gasteiger partial charge in [-0.1, -0.05) is 49.0 Å². The highest BCUT2D eigenvalue weighted by Gasteiger charge is 2.20. The van der Waals surface area contributed by atoms with Crippen molar-refractivity contribution < 1.29 is 4.79 Å². The molecule has 2 atom stereocenters. The van der Waals surface area contributed by atoms with Crippen LogP contribution in [0.25, 0.3) is 0 Å². The first kappa shape index (κ1) is 20.0. The zero-order valence-corrected chi connectivity index (χ0v) is 16.8. The monoisotopic (exact) mass is 367 g/mol. The normalized spacial score (nSPS) is 12.9. The molecular weight excluding hydrogens is 342 g/mol. The maximum atomic E-state index is 12.5. The van der Waals surface area contributed by atoms with Crippen LogP contribution in [-0.2, 0) is 4.79 Å². The van der Waals surface area contributed by atoms with Gasteiger partial charge >= 0.3 is 0 Å². The number of nitriles is 1. The lowest BCUT2D eigenvalue weighted by Gasteiger charge is -2.17. The molecule has 1 aromatic heterocycles. The number of amides is 1. The molecule has 136 valence electrons. The van der Waals surface area contributed by atoms with Crippen LogP contribution in [0.4, 0.5) is 0 Å². The molecule has 1 heterocycles. The van der Waals surface area contributed by atoms with Crippen LogP contribution in [0.2, 0.25) is 0 Å². The number of carbonyl (C=O) groups excluding carboxylic acids is 1. The van der Waals surface area contributed by atoms with Crippen LogP contribution < -0.4 is 5.32 Å². The highest BCUT2D eigenvalue weighted by Crippen LogP contribution is 2.29. The van der Waals surface area contributed by atoms with Gasteiger partial charge in [0.05, 0.1) is 10.8 Å². The van der Waals surface area contributed by atoms with Crippen molar-refractivity contribution in [3.05, 3.63) is 58.3 Å². The number of carbonyl (C=O) groups is 1. The summed E-state index contributed by atoms with van der Waals surface area (Å²) in [4.78, 5) is 17.0. The molecule has 2 rings (SSSR count). The molecule has 0 aliphatic rings. The molecule has 0 saturated heterocycles. The summed E-state index contributed by atoms with van der Waals surface area (Å²) in [5, 5.41) is 12.8. The minimum Gasteiger partial charge on any atom is -0.355 e.